The Morgan fingerprint density at radius 2 is 1.83 bits per heavy atom. The molecule has 0 aliphatic heterocycles. The highest BCUT2D eigenvalue weighted by molar-refractivity contribution is 6.35. The lowest BCUT2D eigenvalue weighted by Gasteiger charge is -2.14. The average molecular weight is 447 g/mol. The maximum Gasteiger partial charge on any atom is 0.276 e. The van der Waals surface area contributed by atoms with Gasteiger partial charge in [0.15, 0.2) is 18.2 Å². The van der Waals surface area contributed by atoms with Gasteiger partial charge in [-0.25, -0.2) is 9.97 Å². The molecule has 0 unspecified atom stereocenters. The Bertz CT molecular complexity index is 1030. The maximum absolute atomic E-state index is 12.0. The van der Waals surface area contributed by atoms with Crippen LogP contribution in [-0.2, 0) is 11.3 Å². The molecule has 0 aliphatic rings. The number of anilines is 3. The Kier molecular flexibility index (Phi) is 7.16. The highest BCUT2D eigenvalue weighted by Gasteiger charge is 2.10. The topological polar surface area (TPSA) is 114 Å². The number of aryl methyl sites for hydroxylation is 1. The second-order valence-electron chi connectivity index (χ2n) is 6.36. The Morgan fingerprint density at radius 1 is 1.10 bits per heavy atom. The van der Waals surface area contributed by atoms with Crippen molar-refractivity contribution in [1.29, 1.82) is 0 Å². The van der Waals surface area contributed by atoms with Gasteiger partial charge in [0.25, 0.3) is 5.91 Å². The monoisotopic (exact) mass is 446 g/mol. The predicted octanol–water partition coefficient (Wildman–Crippen LogP) is 3.81. The molecule has 1 aromatic heterocycles. The number of carbonyl (C=O) groups is 1. The molecule has 2 aromatic carbocycles. The van der Waals surface area contributed by atoms with E-state index in [1.54, 1.807) is 12.1 Å². The first-order chi connectivity index (χ1) is 14.4. The molecule has 3 rings (SSSR count). The summed E-state index contributed by atoms with van der Waals surface area (Å²) in [5, 5.41) is 3.94. The molecule has 1 amide bonds. The van der Waals surface area contributed by atoms with Crippen LogP contribution in [0.1, 0.15) is 11.1 Å². The summed E-state index contributed by atoms with van der Waals surface area (Å²) in [7, 11) is 0. The van der Waals surface area contributed by atoms with E-state index in [0.717, 1.165) is 5.56 Å². The quantitative estimate of drug-likeness (QED) is 0.389. The fraction of sp³-hybridized carbons (Fsp3) is 0.150. The van der Waals surface area contributed by atoms with Gasteiger partial charge in [-0.05, 0) is 30.7 Å². The van der Waals surface area contributed by atoms with Crippen molar-refractivity contribution in [2.45, 2.75) is 13.5 Å². The van der Waals surface area contributed by atoms with Gasteiger partial charge in [-0.2, -0.15) is 0 Å². The van der Waals surface area contributed by atoms with Gasteiger partial charge in [0.2, 0.25) is 0 Å². The number of carbonyl (C=O) groups excluding carboxylic acids is 1. The van der Waals surface area contributed by atoms with Crippen LogP contribution in [0, 0.1) is 6.92 Å². The van der Waals surface area contributed by atoms with Gasteiger partial charge in [-0.3, -0.25) is 15.6 Å². The number of hydrazine groups is 1. The molecule has 0 aliphatic carbocycles. The molecule has 0 saturated heterocycles. The molecule has 10 heteroatoms. The van der Waals surface area contributed by atoms with Crippen molar-refractivity contribution in [2.24, 2.45) is 0 Å². The minimum Gasteiger partial charge on any atom is -0.482 e. The molecule has 30 heavy (non-hydrogen) atoms. The van der Waals surface area contributed by atoms with Crippen LogP contribution in [0.3, 0.4) is 0 Å². The lowest BCUT2D eigenvalue weighted by Crippen LogP contribution is -2.34. The van der Waals surface area contributed by atoms with E-state index < -0.39 is 5.91 Å². The van der Waals surface area contributed by atoms with Crippen LogP contribution in [0.4, 0.5) is 17.3 Å². The molecular formula is C20H20Cl2N6O2. The van der Waals surface area contributed by atoms with Crippen LogP contribution in [0.15, 0.2) is 48.8 Å². The number of amides is 1. The summed E-state index contributed by atoms with van der Waals surface area (Å²) in [5.74, 6) is 0.606. The third-order valence-electron chi connectivity index (χ3n) is 4.04. The van der Waals surface area contributed by atoms with E-state index in [1.807, 2.05) is 31.2 Å². The number of benzene rings is 2. The van der Waals surface area contributed by atoms with Crippen LogP contribution >= 0.6 is 23.2 Å². The largest absolute Gasteiger partial charge is 0.482 e. The zero-order valence-corrected chi connectivity index (χ0v) is 17.6. The fourth-order valence-electron chi connectivity index (χ4n) is 2.43. The maximum atomic E-state index is 12.0. The van der Waals surface area contributed by atoms with E-state index in [1.165, 1.54) is 18.0 Å². The summed E-state index contributed by atoms with van der Waals surface area (Å²) >= 11 is 11.8. The number of hydrogen-bond acceptors (Lipinski definition) is 7. The minimum atomic E-state index is -0.451. The van der Waals surface area contributed by atoms with Gasteiger partial charge in [0.05, 0.1) is 5.02 Å². The lowest BCUT2D eigenvalue weighted by atomic mass is 10.1. The standard InChI is InChI=1S/C20H20Cl2N6O2/c1-12-2-4-13(5-3-12)9-24-19-18(23)20(26-11-25-19)28-27-17(29)10-30-16-7-6-14(21)8-15(16)22/h2-8,11H,9-10,23H2,1H3,(H,27,29)(H2,24,25,26,28). The van der Waals surface area contributed by atoms with Gasteiger partial charge in [-0.1, -0.05) is 53.0 Å². The number of nitrogens with one attached hydrogen (secondary N) is 3. The average Bonchev–Trinajstić information content (AvgIpc) is 2.72. The highest BCUT2D eigenvalue weighted by atomic mass is 35.5. The van der Waals surface area contributed by atoms with E-state index >= 15 is 0 Å². The molecular weight excluding hydrogens is 427 g/mol. The van der Waals surface area contributed by atoms with Crippen LogP contribution in [-0.4, -0.2) is 22.5 Å². The summed E-state index contributed by atoms with van der Waals surface area (Å²) in [4.78, 5) is 20.2. The fourth-order valence-corrected chi connectivity index (χ4v) is 2.89. The van der Waals surface area contributed by atoms with E-state index in [2.05, 4.69) is 26.1 Å². The van der Waals surface area contributed by atoms with Crippen LogP contribution < -0.4 is 26.6 Å². The van der Waals surface area contributed by atoms with E-state index in [-0.39, 0.29) is 18.1 Å². The van der Waals surface area contributed by atoms with Crippen molar-refractivity contribution in [3.63, 3.8) is 0 Å². The van der Waals surface area contributed by atoms with Crippen molar-refractivity contribution < 1.29 is 9.53 Å². The molecule has 0 radical (unpaired) electrons. The number of aromatic nitrogens is 2. The Hall–Kier alpha value is -3.23. The zero-order valence-electron chi connectivity index (χ0n) is 16.1. The molecule has 3 aromatic rings. The zero-order chi connectivity index (χ0) is 21.5. The molecule has 0 atom stereocenters. The first kappa shape index (κ1) is 21.5. The van der Waals surface area contributed by atoms with Gasteiger partial charge >= 0.3 is 0 Å². The number of nitrogens with zero attached hydrogens (tertiary/aromatic N) is 2. The number of nitrogens with two attached hydrogens (primary N) is 1. The highest BCUT2D eigenvalue weighted by Crippen LogP contribution is 2.27. The number of hydrogen-bond donors (Lipinski definition) is 4. The number of halogens is 2. The molecule has 8 nitrogen and oxygen atoms in total. The van der Waals surface area contributed by atoms with Gasteiger partial charge in [0.1, 0.15) is 17.8 Å². The smallest absolute Gasteiger partial charge is 0.276 e. The third-order valence-corrected chi connectivity index (χ3v) is 4.57. The Labute approximate surface area is 183 Å². The van der Waals surface area contributed by atoms with Crippen molar-refractivity contribution in [2.75, 3.05) is 23.1 Å². The second kappa shape index (κ2) is 10.00. The van der Waals surface area contributed by atoms with Crippen molar-refractivity contribution >= 4 is 46.4 Å². The summed E-state index contributed by atoms with van der Waals surface area (Å²) in [6.45, 7) is 2.31. The van der Waals surface area contributed by atoms with Crippen LogP contribution in [0.25, 0.3) is 0 Å². The van der Waals surface area contributed by atoms with Crippen LogP contribution in [0.2, 0.25) is 10.0 Å². The lowest BCUT2D eigenvalue weighted by molar-refractivity contribution is -0.122. The Balaban J connectivity index is 1.52. The molecule has 1 heterocycles. The molecule has 5 N–H and O–H groups in total. The predicted molar refractivity (Wildman–Crippen MR) is 119 cm³/mol. The molecule has 0 bridgehead atoms. The third kappa shape index (κ3) is 5.88. The second-order valence-corrected chi connectivity index (χ2v) is 7.20. The van der Waals surface area contributed by atoms with E-state index in [0.29, 0.717) is 28.2 Å². The van der Waals surface area contributed by atoms with Gasteiger partial charge in [-0.15, -0.1) is 0 Å². The summed E-state index contributed by atoms with van der Waals surface area (Å²) in [5.41, 5.74) is 13.8. The first-order valence-corrected chi connectivity index (χ1v) is 9.70. The van der Waals surface area contributed by atoms with Gasteiger partial charge in [0, 0.05) is 11.6 Å². The molecule has 156 valence electrons. The summed E-state index contributed by atoms with van der Waals surface area (Å²) in [6.07, 6.45) is 1.34. The van der Waals surface area contributed by atoms with E-state index in [4.69, 9.17) is 33.7 Å². The van der Waals surface area contributed by atoms with Crippen molar-refractivity contribution in [3.05, 3.63) is 70.0 Å². The number of rotatable bonds is 8. The SMILES string of the molecule is Cc1ccc(CNc2ncnc(NNC(=O)COc3ccc(Cl)cc3Cl)c2N)cc1. The van der Waals surface area contributed by atoms with Crippen molar-refractivity contribution in [1.82, 2.24) is 15.4 Å². The molecule has 0 fully saturated rings. The number of ether oxygens (including phenoxy) is 1. The summed E-state index contributed by atoms with van der Waals surface area (Å²) < 4.78 is 5.37. The Morgan fingerprint density at radius 3 is 2.57 bits per heavy atom. The minimum absolute atomic E-state index is 0.259. The summed E-state index contributed by atoms with van der Waals surface area (Å²) in [6, 6.07) is 12.8. The van der Waals surface area contributed by atoms with Gasteiger partial charge < -0.3 is 15.8 Å². The normalized spacial score (nSPS) is 10.4. The first-order valence-electron chi connectivity index (χ1n) is 8.95. The van der Waals surface area contributed by atoms with Crippen LogP contribution in [0.5, 0.6) is 5.75 Å². The molecule has 0 saturated carbocycles. The molecule has 0 spiro atoms. The van der Waals surface area contributed by atoms with Crippen molar-refractivity contribution in [3.8, 4) is 5.75 Å². The van der Waals surface area contributed by atoms with E-state index in [9.17, 15) is 4.79 Å². The number of nitrogen functional groups attached to an aromatic ring is 1.